The smallest absolute Gasteiger partial charge is 0.327 e. The van der Waals surface area contributed by atoms with Crippen LogP contribution in [0.3, 0.4) is 0 Å². The Morgan fingerprint density at radius 1 is 1.43 bits per heavy atom. The quantitative estimate of drug-likeness (QED) is 0.665. The van der Waals surface area contributed by atoms with Gasteiger partial charge in [0.15, 0.2) is 0 Å². The molecule has 1 amide bonds. The highest BCUT2D eigenvalue weighted by Gasteiger charge is 2.41. The standard InChI is InChI=1S/C15H15NO3S2/c1-2-8-20-10-13(17)16-12(15(18)19)9-21-14(16)11-6-4-3-5-7-11/h1,3-7,12,14H,8-10H2,(H,18,19)/t12-,14+/m0/s1. The predicted octanol–water partition coefficient (Wildman–Crippen LogP) is 2.08. The Labute approximate surface area is 132 Å². The summed E-state index contributed by atoms with van der Waals surface area (Å²) >= 11 is 2.81. The molecule has 1 aromatic rings. The molecule has 1 heterocycles. The molecule has 0 bridgehead atoms. The van der Waals surface area contributed by atoms with Crippen LogP contribution in [-0.2, 0) is 9.59 Å². The first-order valence-corrected chi connectivity index (χ1v) is 8.57. The van der Waals surface area contributed by atoms with Crippen LogP contribution in [0.5, 0.6) is 0 Å². The van der Waals surface area contributed by atoms with Crippen molar-refractivity contribution < 1.29 is 14.7 Å². The second kappa shape index (κ2) is 7.43. The lowest BCUT2D eigenvalue weighted by atomic mass is 10.2. The molecule has 0 aliphatic carbocycles. The average Bonchev–Trinajstić information content (AvgIpc) is 2.93. The number of terminal acetylenes is 1. The van der Waals surface area contributed by atoms with Crippen LogP contribution < -0.4 is 0 Å². The Morgan fingerprint density at radius 3 is 2.76 bits per heavy atom. The summed E-state index contributed by atoms with van der Waals surface area (Å²) in [5, 5.41) is 9.08. The maximum atomic E-state index is 12.4. The lowest BCUT2D eigenvalue weighted by Crippen LogP contribution is -2.43. The van der Waals surface area contributed by atoms with Gasteiger partial charge in [0.1, 0.15) is 11.4 Å². The van der Waals surface area contributed by atoms with Crippen molar-refractivity contribution in [3.63, 3.8) is 0 Å². The molecule has 4 nitrogen and oxygen atoms in total. The zero-order chi connectivity index (χ0) is 15.2. The zero-order valence-corrected chi connectivity index (χ0v) is 12.9. The van der Waals surface area contributed by atoms with Crippen molar-refractivity contribution in [1.82, 2.24) is 4.90 Å². The monoisotopic (exact) mass is 321 g/mol. The van der Waals surface area contributed by atoms with E-state index in [0.29, 0.717) is 11.5 Å². The average molecular weight is 321 g/mol. The summed E-state index contributed by atoms with van der Waals surface area (Å²) in [6, 6.07) is 8.72. The molecule has 1 aliphatic rings. The van der Waals surface area contributed by atoms with Gasteiger partial charge in [0, 0.05) is 5.75 Å². The minimum absolute atomic E-state index is 0.179. The molecule has 0 saturated carbocycles. The summed E-state index contributed by atoms with van der Waals surface area (Å²) < 4.78 is 0. The van der Waals surface area contributed by atoms with Gasteiger partial charge < -0.3 is 10.0 Å². The second-order valence-electron chi connectivity index (χ2n) is 4.45. The number of rotatable bonds is 5. The summed E-state index contributed by atoms with van der Waals surface area (Å²) in [4.78, 5) is 25.2. The number of hydrogen-bond donors (Lipinski definition) is 1. The fourth-order valence-electron chi connectivity index (χ4n) is 2.15. The molecule has 2 atom stereocenters. The third kappa shape index (κ3) is 3.74. The van der Waals surface area contributed by atoms with E-state index in [1.54, 1.807) is 0 Å². The molecule has 0 unspecified atom stereocenters. The SMILES string of the molecule is C#CCSCC(=O)N1[C@@H](c2ccccc2)SC[C@H]1C(=O)O. The Kier molecular flexibility index (Phi) is 5.59. The molecule has 0 spiro atoms. The van der Waals surface area contributed by atoms with Crippen LogP contribution in [0.1, 0.15) is 10.9 Å². The van der Waals surface area contributed by atoms with Gasteiger partial charge in [0.25, 0.3) is 0 Å². The van der Waals surface area contributed by atoms with Gasteiger partial charge in [0.05, 0.1) is 11.5 Å². The number of amides is 1. The number of hydrogen-bond acceptors (Lipinski definition) is 4. The minimum Gasteiger partial charge on any atom is -0.480 e. The summed E-state index contributed by atoms with van der Waals surface area (Å²) in [6.45, 7) is 0. The van der Waals surface area contributed by atoms with Crippen LogP contribution in [-0.4, -0.2) is 45.2 Å². The summed E-state index contributed by atoms with van der Waals surface area (Å²) in [5.74, 6) is 2.37. The van der Waals surface area contributed by atoms with Crippen molar-refractivity contribution in [2.45, 2.75) is 11.4 Å². The van der Waals surface area contributed by atoms with Crippen LogP contribution in [0.25, 0.3) is 0 Å². The van der Waals surface area contributed by atoms with Gasteiger partial charge in [-0.3, -0.25) is 4.79 Å². The minimum atomic E-state index is -0.962. The number of carboxylic acids is 1. The van der Waals surface area contributed by atoms with Gasteiger partial charge in [-0.25, -0.2) is 4.79 Å². The largest absolute Gasteiger partial charge is 0.480 e. The molecule has 1 saturated heterocycles. The van der Waals surface area contributed by atoms with Crippen molar-refractivity contribution >= 4 is 35.4 Å². The highest BCUT2D eigenvalue weighted by atomic mass is 32.2. The van der Waals surface area contributed by atoms with Gasteiger partial charge in [-0.05, 0) is 5.56 Å². The molecule has 2 rings (SSSR count). The van der Waals surface area contributed by atoms with Gasteiger partial charge in [0.2, 0.25) is 5.91 Å². The van der Waals surface area contributed by atoms with E-state index in [1.807, 2.05) is 30.3 Å². The van der Waals surface area contributed by atoms with E-state index in [4.69, 9.17) is 6.42 Å². The molecule has 6 heteroatoms. The Balaban J connectivity index is 2.19. The van der Waals surface area contributed by atoms with Crippen molar-refractivity contribution in [3.05, 3.63) is 35.9 Å². The molecule has 0 aromatic heterocycles. The van der Waals surface area contributed by atoms with Gasteiger partial charge >= 0.3 is 5.97 Å². The number of nitrogens with zero attached hydrogens (tertiary/aromatic N) is 1. The van der Waals surface area contributed by atoms with Crippen LogP contribution >= 0.6 is 23.5 Å². The summed E-state index contributed by atoms with van der Waals surface area (Å²) in [7, 11) is 0. The van der Waals surface area contributed by atoms with Crippen LogP contribution in [0, 0.1) is 12.3 Å². The van der Waals surface area contributed by atoms with Crippen molar-refractivity contribution in [2.24, 2.45) is 0 Å². The van der Waals surface area contributed by atoms with Crippen molar-refractivity contribution in [3.8, 4) is 12.3 Å². The van der Waals surface area contributed by atoms with E-state index in [0.717, 1.165) is 5.56 Å². The first-order valence-electron chi connectivity index (χ1n) is 6.37. The predicted molar refractivity (Wildman–Crippen MR) is 86.1 cm³/mol. The molecule has 21 heavy (non-hydrogen) atoms. The fraction of sp³-hybridized carbons (Fsp3) is 0.333. The van der Waals surface area contributed by atoms with E-state index in [9.17, 15) is 14.7 Å². The van der Waals surface area contributed by atoms with Crippen molar-refractivity contribution in [1.29, 1.82) is 0 Å². The lowest BCUT2D eigenvalue weighted by molar-refractivity contribution is -0.148. The van der Waals surface area contributed by atoms with Crippen molar-refractivity contribution in [2.75, 3.05) is 17.3 Å². The van der Waals surface area contributed by atoms with Crippen LogP contribution in [0.2, 0.25) is 0 Å². The number of carbonyl (C=O) groups is 2. The van der Waals surface area contributed by atoms with E-state index in [1.165, 1.54) is 28.4 Å². The number of aliphatic carboxylic acids is 1. The highest BCUT2D eigenvalue weighted by molar-refractivity contribution is 8.00. The van der Waals surface area contributed by atoms with Gasteiger partial charge in [-0.15, -0.1) is 29.9 Å². The molecule has 110 valence electrons. The van der Waals surface area contributed by atoms with Gasteiger partial charge in [-0.1, -0.05) is 36.3 Å². The van der Waals surface area contributed by atoms with E-state index < -0.39 is 12.0 Å². The summed E-state index contributed by atoms with van der Waals surface area (Å²) in [6.07, 6.45) is 5.17. The van der Waals surface area contributed by atoms with Crippen LogP contribution in [0.15, 0.2) is 30.3 Å². The van der Waals surface area contributed by atoms with Gasteiger partial charge in [-0.2, -0.15) is 0 Å². The van der Waals surface area contributed by atoms with Crippen LogP contribution in [0.4, 0.5) is 0 Å². The second-order valence-corrected chi connectivity index (χ2v) is 6.55. The van der Waals surface area contributed by atoms with E-state index in [-0.39, 0.29) is 17.0 Å². The highest BCUT2D eigenvalue weighted by Crippen LogP contribution is 2.41. The maximum absolute atomic E-state index is 12.4. The summed E-state index contributed by atoms with van der Waals surface area (Å²) in [5.41, 5.74) is 0.946. The molecular weight excluding hydrogens is 306 g/mol. The van der Waals surface area contributed by atoms with E-state index in [2.05, 4.69) is 5.92 Å². The topological polar surface area (TPSA) is 57.6 Å². The molecule has 0 radical (unpaired) electrons. The molecule has 1 N–H and O–H groups in total. The maximum Gasteiger partial charge on any atom is 0.327 e. The Bertz CT molecular complexity index is 556. The Hall–Kier alpha value is -1.58. The number of thioether (sulfide) groups is 2. The molecule has 1 aromatic carbocycles. The third-order valence-corrected chi connectivity index (χ3v) is 5.21. The molecular formula is C15H15NO3S2. The molecule has 1 fully saturated rings. The zero-order valence-electron chi connectivity index (χ0n) is 11.3. The lowest BCUT2D eigenvalue weighted by Gasteiger charge is -2.27. The normalized spacial score (nSPS) is 21.0. The molecule has 1 aliphatic heterocycles. The Morgan fingerprint density at radius 2 is 2.14 bits per heavy atom. The fourth-order valence-corrected chi connectivity index (χ4v) is 4.13. The van der Waals surface area contributed by atoms with E-state index >= 15 is 0 Å². The first-order chi connectivity index (χ1) is 10.1. The number of carboxylic acid groups (broad SMARTS) is 1. The number of carbonyl (C=O) groups excluding carboxylic acids is 1. The number of benzene rings is 1. The first kappa shape index (κ1) is 15.8. The third-order valence-electron chi connectivity index (χ3n) is 3.07.